The molecule has 0 spiro atoms. The Morgan fingerprint density at radius 2 is 1.48 bits per heavy atom. The smallest absolute Gasteiger partial charge is 0.333 e. The molecular formula is C35H52N2O5S2. The molecule has 0 fully saturated rings. The second-order valence-electron chi connectivity index (χ2n) is 11.1. The second-order valence-corrected chi connectivity index (χ2v) is 12.9. The van der Waals surface area contributed by atoms with E-state index in [1.165, 1.54) is 18.1 Å². The minimum absolute atomic E-state index is 0.0677. The lowest BCUT2D eigenvalue weighted by molar-refractivity contribution is -0.151. The summed E-state index contributed by atoms with van der Waals surface area (Å²) in [5.74, 6) is 0.966. The largest absolute Gasteiger partial charge is 0.463 e. The normalized spacial score (nSPS) is 10.6. The highest BCUT2D eigenvalue weighted by molar-refractivity contribution is 7.98. The van der Waals surface area contributed by atoms with Crippen LogP contribution in [0.4, 0.5) is 0 Å². The summed E-state index contributed by atoms with van der Waals surface area (Å²) < 4.78 is 9.47. The molecule has 0 radical (unpaired) electrons. The Balaban J connectivity index is -0.000000583. The van der Waals surface area contributed by atoms with Gasteiger partial charge in [-0.1, -0.05) is 61.7 Å². The van der Waals surface area contributed by atoms with Crippen molar-refractivity contribution >= 4 is 41.5 Å². The molecule has 1 rings (SSSR count). The first-order chi connectivity index (χ1) is 20.4. The van der Waals surface area contributed by atoms with Gasteiger partial charge < -0.3 is 14.6 Å². The third-order valence-corrected chi connectivity index (χ3v) is 6.27. The predicted molar refractivity (Wildman–Crippen MR) is 188 cm³/mol. The lowest BCUT2D eigenvalue weighted by Crippen LogP contribution is -2.27. The fraction of sp³-hybridized carbons (Fsp3) is 0.486. The number of rotatable bonds is 14. The topological polar surface area (TPSA) is 120 Å². The zero-order valence-electron chi connectivity index (χ0n) is 27.9. The van der Waals surface area contributed by atoms with Crippen molar-refractivity contribution in [2.75, 3.05) is 37.2 Å². The first-order valence-electron chi connectivity index (χ1n) is 13.9. The lowest BCUT2D eigenvalue weighted by atomic mass is 9.87. The molecule has 1 atom stereocenters. The first-order valence-corrected chi connectivity index (χ1v) is 16.7. The van der Waals surface area contributed by atoms with E-state index < -0.39 is 23.5 Å². The summed E-state index contributed by atoms with van der Waals surface area (Å²) in [6.45, 7) is 24.4. The zero-order valence-corrected chi connectivity index (χ0v) is 29.5. The molecule has 1 aromatic carbocycles. The molecule has 1 aromatic rings. The maximum absolute atomic E-state index is 11.4. The molecule has 7 nitrogen and oxygen atoms in total. The Labute approximate surface area is 275 Å². The molecular weight excluding hydrogens is 593 g/mol. The number of benzene rings is 1. The van der Waals surface area contributed by atoms with Gasteiger partial charge in [-0.15, -0.1) is 6.58 Å². The van der Waals surface area contributed by atoms with Gasteiger partial charge in [0.25, 0.3) is 0 Å². The molecule has 9 heteroatoms. The van der Waals surface area contributed by atoms with Gasteiger partial charge in [-0.05, 0) is 71.6 Å². The van der Waals surface area contributed by atoms with Gasteiger partial charge in [-0.25, -0.2) is 4.79 Å². The van der Waals surface area contributed by atoms with E-state index in [0.717, 1.165) is 23.5 Å². The molecule has 0 amide bonds. The minimum atomic E-state index is -1.10. The van der Waals surface area contributed by atoms with Crippen LogP contribution >= 0.6 is 23.5 Å². The van der Waals surface area contributed by atoms with Gasteiger partial charge >= 0.3 is 11.9 Å². The number of carbonyl (C=O) groups is 2. The number of thioether (sulfide) groups is 2. The van der Waals surface area contributed by atoms with Crippen LogP contribution in [-0.2, 0) is 25.5 Å². The van der Waals surface area contributed by atoms with Gasteiger partial charge in [0.2, 0.25) is 0 Å². The van der Waals surface area contributed by atoms with Crippen molar-refractivity contribution in [3.8, 4) is 12.1 Å². The Kier molecular flexibility index (Phi) is 26.9. The van der Waals surface area contributed by atoms with Crippen molar-refractivity contribution in [3.63, 3.8) is 0 Å². The van der Waals surface area contributed by atoms with Crippen LogP contribution < -0.4 is 0 Å². The van der Waals surface area contributed by atoms with Crippen LogP contribution in [-0.4, -0.2) is 60.4 Å². The molecule has 0 heterocycles. The van der Waals surface area contributed by atoms with Crippen molar-refractivity contribution in [1.29, 1.82) is 10.5 Å². The summed E-state index contributed by atoms with van der Waals surface area (Å²) in [6.07, 6.45) is 7.47. The molecule has 0 bridgehead atoms. The van der Waals surface area contributed by atoms with Crippen molar-refractivity contribution in [2.45, 2.75) is 60.5 Å². The molecule has 1 unspecified atom stereocenters. The van der Waals surface area contributed by atoms with Gasteiger partial charge in [-0.3, -0.25) is 4.79 Å². The average Bonchev–Trinajstić information content (AvgIpc) is 2.96. The van der Waals surface area contributed by atoms with Crippen molar-refractivity contribution < 1.29 is 24.2 Å². The minimum Gasteiger partial charge on any atom is -0.463 e. The van der Waals surface area contributed by atoms with Crippen molar-refractivity contribution in [1.82, 2.24) is 0 Å². The quantitative estimate of drug-likeness (QED) is 0.123. The molecule has 0 aliphatic carbocycles. The van der Waals surface area contributed by atoms with Gasteiger partial charge in [0.05, 0.1) is 29.4 Å². The number of esters is 2. The van der Waals surface area contributed by atoms with E-state index in [1.54, 1.807) is 25.6 Å². The SMILES string of the molecule is C=C(C)C(=O)OCC(O)COC(=O)CC(C)(C)C#N.C=C(C)CSC.C=CCSC.C=Cc1ccc(CC(C)(C)C#N)cc1. The number of nitrogens with zero attached hydrogens (tertiary/aromatic N) is 2. The fourth-order valence-electron chi connectivity index (χ4n) is 2.67. The Bertz CT molecular complexity index is 1110. The van der Waals surface area contributed by atoms with E-state index in [9.17, 15) is 14.7 Å². The van der Waals surface area contributed by atoms with Gasteiger partial charge in [0.1, 0.15) is 19.3 Å². The summed E-state index contributed by atoms with van der Waals surface area (Å²) in [7, 11) is 0. The van der Waals surface area contributed by atoms with E-state index >= 15 is 0 Å². The summed E-state index contributed by atoms with van der Waals surface area (Å²) in [6, 6.07) is 12.4. The number of aliphatic hydroxyl groups is 1. The maximum Gasteiger partial charge on any atom is 0.333 e. The van der Waals surface area contributed by atoms with E-state index in [0.29, 0.717) is 0 Å². The third-order valence-electron chi connectivity index (χ3n) is 4.92. The summed E-state index contributed by atoms with van der Waals surface area (Å²) in [4.78, 5) is 22.4. The number of nitriles is 2. The van der Waals surface area contributed by atoms with E-state index in [4.69, 9.17) is 15.3 Å². The lowest BCUT2D eigenvalue weighted by Gasteiger charge is -2.15. The maximum atomic E-state index is 11.4. The third kappa shape index (κ3) is 28.9. The molecule has 0 aliphatic rings. The standard InChI is InChI=1S/C13H19NO5.C13H15N.C5H10S.C4H8S/c1-9(2)12(17)19-7-10(15)6-18-11(16)5-13(3,4)8-14;1-4-11-5-7-12(8-6-11)9-13(2,3)10-14;1-5(2)4-6-3;1-3-4-5-2/h10,15H,1,5-7H2,2-4H3;4-8H,1,9H2,2-3H3;1,4H2,2-3H3;3H,1,4H2,2H3. The molecule has 244 valence electrons. The Morgan fingerprint density at radius 3 is 1.82 bits per heavy atom. The van der Waals surface area contributed by atoms with E-state index in [-0.39, 0.29) is 30.6 Å². The summed E-state index contributed by atoms with van der Waals surface area (Å²) >= 11 is 3.59. The van der Waals surface area contributed by atoms with Crippen molar-refractivity contribution in [2.24, 2.45) is 10.8 Å². The number of hydrogen-bond donors (Lipinski definition) is 1. The summed E-state index contributed by atoms with van der Waals surface area (Å²) in [5, 5.41) is 27.1. The Hall–Kier alpha value is -3.24. The van der Waals surface area contributed by atoms with Crippen LogP contribution in [0.5, 0.6) is 0 Å². The van der Waals surface area contributed by atoms with E-state index in [1.807, 2.05) is 62.9 Å². The molecule has 0 aromatic heterocycles. The highest BCUT2D eigenvalue weighted by atomic mass is 32.2. The molecule has 0 aliphatic heterocycles. The first kappa shape index (κ1) is 45.2. The van der Waals surface area contributed by atoms with E-state index in [2.05, 4.69) is 61.8 Å². The van der Waals surface area contributed by atoms with Crippen LogP contribution in [0.3, 0.4) is 0 Å². The number of ether oxygens (including phenoxy) is 2. The monoisotopic (exact) mass is 644 g/mol. The van der Waals surface area contributed by atoms with Crippen LogP contribution in [0, 0.1) is 33.5 Å². The van der Waals surface area contributed by atoms with Gasteiger partial charge in [-0.2, -0.15) is 34.0 Å². The second kappa shape index (κ2) is 26.2. The predicted octanol–water partition coefficient (Wildman–Crippen LogP) is 7.83. The highest BCUT2D eigenvalue weighted by Gasteiger charge is 2.23. The number of aliphatic hydroxyl groups excluding tert-OH is 1. The Morgan fingerprint density at radius 1 is 0.955 bits per heavy atom. The highest BCUT2D eigenvalue weighted by Crippen LogP contribution is 2.21. The molecule has 1 N–H and O–H groups in total. The van der Waals surface area contributed by atoms with Crippen LogP contribution in [0.15, 0.2) is 67.8 Å². The number of hydrogen-bond acceptors (Lipinski definition) is 9. The van der Waals surface area contributed by atoms with Gasteiger partial charge in [0, 0.05) is 17.1 Å². The zero-order chi connectivity index (χ0) is 34.8. The molecule has 0 saturated carbocycles. The van der Waals surface area contributed by atoms with Crippen molar-refractivity contribution in [3.05, 3.63) is 78.9 Å². The van der Waals surface area contributed by atoms with Gasteiger partial charge in [0.15, 0.2) is 0 Å². The van der Waals surface area contributed by atoms with Crippen LogP contribution in [0.2, 0.25) is 0 Å². The molecule has 0 saturated heterocycles. The summed E-state index contributed by atoms with van der Waals surface area (Å²) in [5.41, 5.74) is 2.69. The average molecular weight is 645 g/mol. The number of carbonyl (C=O) groups excluding carboxylic acids is 2. The van der Waals surface area contributed by atoms with Crippen LogP contribution in [0.25, 0.3) is 6.08 Å². The molecule has 44 heavy (non-hydrogen) atoms. The van der Waals surface area contributed by atoms with Crippen LogP contribution in [0.1, 0.15) is 59.1 Å². The fourth-order valence-corrected chi connectivity index (χ4v) is 3.40.